The van der Waals surface area contributed by atoms with Crippen LogP contribution in [0.1, 0.15) is 10.4 Å². The summed E-state index contributed by atoms with van der Waals surface area (Å²) < 4.78 is 5.33. The van der Waals surface area contributed by atoms with Crippen molar-refractivity contribution >= 4 is 17.3 Å². The van der Waals surface area contributed by atoms with Crippen molar-refractivity contribution in [2.24, 2.45) is 0 Å². The first kappa shape index (κ1) is 15.2. The summed E-state index contributed by atoms with van der Waals surface area (Å²) >= 11 is 0. The molecule has 0 bridgehead atoms. The molecular formula is C13H18N4O4. The Labute approximate surface area is 122 Å². The van der Waals surface area contributed by atoms with Gasteiger partial charge in [-0.2, -0.15) is 0 Å². The summed E-state index contributed by atoms with van der Waals surface area (Å²) in [5.41, 5.74) is 0.645. The highest BCUT2D eigenvalue weighted by Crippen LogP contribution is 2.25. The second-order valence-electron chi connectivity index (χ2n) is 4.68. The number of carbonyl (C=O) groups excluding carboxylic acids is 1. The predicted molar refractivity (Wildman–Crippen MR) is 77.6 cm³/mol. The maximum absolute atomic E-state index is 11.6. The van der Waals surface area contributed by atoms with Crippen LogP contribution in [-0.2, 0) is 4.74 Å². The maximum atomic E-state index is 11.6. The van der Waals surface area contributed by atoms with E-state index in [1.54, 1.807) is 0 Å². The first-order chi connectivity index (χ1) is 10.1. The first-order valence-electron chi connectivity index (χ1n) is 6.67. The smallest absolute Gasteiger partial charge is 0.292 e. The van der Waals surface area contributed by atoms with Crippen molar-refractivity contribution in [2.45, 2.75) is 6.04 Å². The summed E-state index contributed by atoms with van der Waals surface area (Å²) in [7, 11) is 1.51. The van der Waals surface area contributed by atoms with E-state index in [1.807, 2.05) is 0 Å². The number of ether oxygens (including phenoxy) is 1. The van der Waals surface area contributed by atoms with Crippen molar-refractivity contribution in [3.05, 3.63) is 33.9 Å². The van der Waals surface area contributed by atoms with Crippen molar-refractivity contribution in [3.63, 3.8) is 0 Å². The Morgan fingerprint density at radius 2 is 2.38 bits per heavy atom. The number of anilines is 1. The van der Waals surface area contributed by atoms with E-state index >= 15 is 0 Å². The Morgan fingerprint density at radius 1 is 1.57 bits per heavy atom. The van der Waals surface area contributed by atoms with Crippen LogP contribution in [0.3, 0.4) is 0 Å². The molecule has 1 aliphatic heterocycles. The van der Waals surface area contributed by atoms with Crippen LogP contribution in [0.25, 0.3) is 0 Å². The first-order valence-corrected chi connectivity index (χ1v) is 6.67. The van der Waals surface area contributed by atoms with Crippen molar-refractivity contribution in [2.75, 3.05) is 38.7 Å². The third-order valence-electron chi connectivity index (χ3n) is 3.22. The van der Waals surface area contributed by atoms with Gasteiger partial charge in [-0.3, -0.25) is 14.9 Å². The average molecular weight is 294 g/mol. The van der Waals surface area contributed by atoms with Crippen LogP contribution < -0.4 is 16.0 Å². The molecule has 1 fully saturated rings. The normalized spacial score (nSPS) is 18.0. The van der Waals surface area contributed by atoms with Crippen molar-refractivity contribution < 1.29 is 14.5 Å². The number of carbonyl (C=O) groups is 1. The monoisotopic (exact) mass is 294 g/mol. The molecule has 1 unspecified atom stereocenters. The quantitative estimate of drug-likeness (QED) is 0.535. The zero-order valence-corrected chi connectivity index (χ0v) is 11.7. The van der Waals surface area contributed by atoms with Gasteiger partial charge in [0, 0.05) is 37.8 Å². The number of rotatable bonds is 5. The summed E-state index contributed by atoms with van der Waals surface area (Å²) in [4.78, 5) is 22.2. The highest BCUT2D eigenvalue weighted by atomic mass is 16.6. The summed E-state index contributed by atoms with van der Waals surface area (Å²) in [6, 6.07) is 4.34. The van der Waals surface area contributed by atoms with Crippen LogP contribution in [0, 0.1) is 10.1 Å². The molecule has 0 saturated carbocycles. The number of nitrogens with zero attached hydrogens (tertiary/aromatic N) is 1. The minimum absolute atomic E-state index is 0.0561. The number of hydrogen-bond acceptors (Lipinski definition) is 6. The van der Waals surface area contributed by atoms with Crippen LogP contribution in [0.15, 0.2) is 18.2 Å². The van der Waals surface area contributed by atoms with Crippen molar-refractivity contribution in [3.8, 4) is 0 Å². The van der Waals surface area contributed by atoms with Gasteiger partial charge in [-0.05, 0) is 12.1 Å². The van der Waals surface area contributed by atoms with Gasteiger partial charge in [0.05, 0.1) is 18.1 Å². The van der Waals surface area contributed by atoms with Gasteiger partial charge in [0.2, 0.25) is 0 Å². The Balaban J connectivity index is 2.13. The third kappa shape index (κ3) is 3.89. The van der Waals surface area contributed by atoms with Crippen LogP contribution in [0.4, 0.5) is 11.4 Å². The van der Waals surface area contributed by atoms with Gasteiger partial charge in [-0.1, -0.05) is 0 Å². The fourth-order valence-corrected chi connectivity index (χ4v) is 2.11. The van der Waals surface area contributed by atoms with E-state index < -0.39 is 4.92 Å². The van der Waals surface area contributed by atoms with Gasteiger partial charge in [-0.25, -0.2) is 0 Å². The van der Waals surface area contributed by atoms with E-state index in [9.17, 15) is 14.9 Å². The van der Waals surface area contributed by atoms with E-state index in [-0.39, 0.29) is 17.6 Å². The second kappa shape index (κ2) is 7.00. The largest absolute Gasteiger partial charge is 0.378 e. The van der Waals surface area contributed by atoms with Crippen LogP contribution in [0.2, 0.25) is 0 Å². The summed E-state index contributed by atoms with van der Waals surface area (Å²) in [5, 5.41) is 19.8. The highest BCUT2D eigenvalue weighted by Gasteiger charge is 2.18. The molecule has 1 aromatic carbocycles. The molecule has 2 rings (SSSR count). The van der Waals surface area contributed by atoms with Gasteiger partial charge >= 0.3 is 0 Å². The van der Waals surface area contributed by atoms with E-state index in [4.69, 9.17) is 4.74 Å². The number of nitrogens with one attached hydrogen (secondary N) is 3. The SMILES string of the molecule is CNC(=O)c1ccc([N+](=O)[O-])c(NCC2COCCN2)c1. The van der Waals surface area contributed by atoms with Gasteiger partial charge in [0.25, 0.3) is 11.6 Å². The van der Waals surface area contributed by atoms with Crippen molar-refractivity contribution in [1.29, 1.82) is 0 Å². The molecule has 0 aliphatic carbocycles. The fourth-order valence-electron chi connectivity index (χ4n) is 2.11. The summed E-state index contributed by atoms with van der Waals surface area (Å²) in [5.74, 6) is -0.285. The maximum Gasteiger partial charge on any atom is 0.292 e. The summed E-state index contributed by atoms with van der Waals surface area (Å²) in [6.45, 7) is 2.46. The lowest BCUT2D eigenvalue weighted by Gasteiger charge is -2.24. The molecule has 0 spiro atoms. The molecule has 1 aliphatic rings. The molecule has 3 N–H and O–H groups in total. The predicted octanol–water partition coefficient (Wildman–Crippen LogP) is 0.355. The minimum Gasteiger partial charge on any atom is -0.378 e. The molecule has 1 saturated heterocycles. The molecule has 114 valence electrons. The molecular weight excluding hydrogens is 276 g/mol. The molecule has 8 heteroatoms. The number of nitro benzene ring substituents is 1. The lowest BCUT2D eigenvalue weighted by molar-refractivity contribution is -0.384. The Hall–Kier alpha value is -2.19. The third-order valence-corrected chi connectivity index (χ3v) is 3.22. The Morgan fingerprint density at radius 3 is 3.00 bits per heavy atom. The van der Waals surface area contributed by atoms with E-state index in [0.29, 0.717) is 31.0 Å². The fraction of sp³-hybridized carbons (Fsp3) is 0.462. The van der Waals surface area contributed by atoms with E-state index in [2.05, 4.69) is 16.0 Å². The van der Waals surface area contributed by atoms with E-state index in [0.717, 1.165) is 6.54 Å². The molecule has 1 heterocycles. The molecule has 0 radical (unpaired) electrons. The number of hydrogen-bond donors (Lipinski definition) is 3. The second-order valence-corrected chi connectivity index (χ2v) is 4.68. The molecule has 1 atom stereocenters. The molecule has 1 aromatic rings. The lowest BCUT2D eigenvalue weighted by Crippen LogP contribution is -2.45. The molecule has 1 amide bonds. The lowest BCUT2D eigenvalue weighted by atomic mass is 10.1. The van der Waals surface area contributed by atoms with Crippen molar-refractivity contribution in [1.82, 2.24) is 10.6 Å². The standard InChI is InChI=1S/C13H18N4O4/c1-14-13(18)9-2-3-12(17(19)20)11(6-9)16-7-10-8-21-5-4-15-10/h2-3,6,10,15-16H,4-5,7-8H2,1H3,(H,14,18). The number of morpholine rings is 1. The Kier molecular flexibility index (Phi) is 5.07. The van der Waals surface area contributed by atoms with Gasteiger partial charge < -0.3 is 20.7 Å². The van der Waals surface area contributed by atoms with Crippen LogP contribution >= 0.6 is 0 Å². The van der Waals surface area contributed by atoms with Crippen LogP contribution in [0.5, 0.6) is 0 Å². The number of nitro groups is 1. The molecule has 21 heavy (non-hydrogen) atoms. The zero-order valence-electron chi connectivity index (χ0n) is 11.7. The summed E-state index contributed by atoms with van der Waals surface area (Å²) in [6.07, 6.45) is 0. The van der Waals surface area contributed by atoms with Gasteiger partial charge in [0.1, 0.15) is 5.69 Å². The number of benzene rings is 1. The van der Waals surface area contributed by atoms with Crippen LogP contribution in [-0.4, -0.2) is 50.2 Å². The Bertz CT molecular complexity index is 529. The van der Waals surface area contributed by atoms with Gasteiger partial charge in [0.15, 0.2) is 0 Å². The highest BCUT2D eigenvalue weighted by molar-refractivity contribution is 5.95. The topological polar surface area (TPSA) is 106 Å². The molecule has 0 aromatic heterocycles. The van der Waals surface area contributed by atoms with Gasteiger partial charge in [-0.15, -0.1) is 0 Å². The zero-order chi connectivity index (χ0) is 15.2. The van der Waals surface area contributed by atoms with E-state index in [1.165, 1.54) is 25.2 Å². The number of amides is 1. The minimum atomic E-state index is -0.471. The average Bonchev–Trinajstić information content (AvgIpc) is 2.52. The molecule has 8 nitrogen and oxygen atoms in total.